The lowest BCUT2D eigenvalue weighted by atomic mass is 9.93. The Morgan fingerprint density at radius 2 is 2.12 bits per heavy atom. The molecule has 0 saturated heterocycles. The van der Waals surface area contributed by atoms with Gasteiger partial charge in [-0.05, 0) is 19.4 Å². The molecule has 0 bridgehead atoms. The number of benzene rings is 1. The number of hydrogen-bond donors (Lipinski definition) is 2. The van der Waals surface area contributed by atoms with Crippen molar-refractivity contribution in [2.24, 2.45) is 5.73 Å². The van der Waals surface area contributed by atoms with Gasteiger partial charge in [0, 0.05) is 12.1 Å². The maximum Gasteiger partial charge on any atom is 0.387 e. The lowest BCUT2D eigenvalue weighted by Crippen LogP contribution is -2.32. The van der Waals surface area contributed by atoms with Crippen LogP contribution in [0.25, 0.3) is 0 Å². The number of aryl methyl sites for hydroxylation is 1. The summed E-state index contributed by atoms with van der Waals surface area (Å²) in [7, 11) is 0. The number of halogens is 2. The molecule has 0 saturated carbocycles. The molecule has 0 aliphatic carbocycles. The third-order valence-corrected chi connectivity index (χ3v) is 2.40. The lowest BCUT2D eigenvalue weighted by Gasteiger charge is -2.25. The number of hydrogen-bond acceptors (Lipinski definition) is 3. The number of alkyl halides is 2. The van der Waals surface area contributed by atoms with Crippen LogP contribution in [0.3, 0.4) is 0 Å². The topological polar surface area (TPSA) is 55.5 Å². The van der Waals surface area contributed by atoms with Crippen molar-refractivity contribution in [3.63, 3.8) is 0 Å². The molecular formula is C11H15F2NO2. The van der Waals surface area contributed by atoms with Crippen LogP contribution >= 0.6 is 0 Å². The molecule has 3 nitrogen and oxygen atoms in total. The monoisotopic (exact) mass is 231 g/mol. The van der Waals surface area contributed by atoms with E-state index >= 15 is 0 Å². The molecule has 5 heteroatoms. The van der Waals surface area contributed by atoms with Gasteiger partial charge in [0.1, 0.15) is 11.4 Å². The Bertz CT molecular complexity index is 367. The van der Waals surface area contributed by atoms with Crippen molar-refractivity contribution in [1.82, 2.24) is 0 Å². The summed E-state index contributed by atoms with van der Waals surface area (Å²) in [5.74, 6) is -0.00653. The number of rotatable bonds is 4. The van der Waals surface area contributed by atoms with Gasteiger partial charge < -0.3 is 15.6 Å². The third kappa shape index (κ3) is 2.68. The summed E-state index contributed by atoms with van der Waals surface area (Å²) in [4.78, 5) is 0. The van der Waals surface area contributed by atoms with Crippen LogP contribution in [0.4, 0.5) is 8.78 Å². The summed E-state index contributed by atoms with van der Waals surface area (Å²) in [6.07, 6.45) is 0. The molecule has 1 aromatic carbocycles. The fraction of sp³-hybridized carbons (Fsp3) is 0.455. The van der Waals surface area contributed by atoms with Crippen molar-refractivity contribution in [3.8, 4) is 5.75 Å². The Morgan fingerprint density at radius 3 is 2.62 bits per heavy atom. The second-order valence-corrected chi connectivity index (χ2v) is 3.81. The van der Waals surface area contributed by atoms with Crippen LogP contribution in [-0.4, -0.2) is 18.3 Å². The van der Waals surface area contributed by atoms with Crippen molar-refractivity contribution in [2.45, 2.75) is 26.1 Å². The van der Waals surface area contributed by atoms with Gasteiger partial charge in [-0.3, -0.25) is 0 Å². The zero-order valence-corrected chi connectivity index (χ0v) is 9.21. The normalized spacial score (nSPS) is 14.9. The average molecular weight is 231 g/mol. The van der Waals surface area contributed by atoms with Crippen molar-refractivity contribution in [1.29, 1.82) is 0 Å². The van der Waals surface area contributed by atoms with Crippen molar-refractivity contribution < 1.29 is 18.6 Å². The molecule has 0 heterocycles. The SMILES string of the molecule is Cc1cccc(C(C)(O)CN)c1OC(F)F. The first-order chi connectivity index (χ1) is 7.38. The zero-order valence-electron chi connectivity index (χ0n) is 9.21. The van der Waals surface area contributed by atoms with Crippen molar-refractivity contribution in [3.05, 3.63) is 29.3 Å². The Balaban J connectivity index is 3.22. The highest BCUT2D eigenvalue weighted by Crippen LogP contribution is 2.33. The van der Waals surface area contributed by atoms with E-state index in [9.17, 15) is 13.9 Å². The van der Waals surface area contributed by atoms with Gasteiger partial charge in [-0.25, -0.2) is 0 Å². The molecule has 16 heavy (non-hydrogen) atoms. The van der Waals surface area contributed by atoms with Gasteiger partial charge in [0.2, 0.25) is 0 Å². The summed E-state index contributed by atoms with van der Waals surface area (Å²) < 4.78 is 28.9. The molecule has 1 rings (SSSR count). The minimum Gasteiger partial charge on any atom is -0.434 e. The summed E-state index contributed by atoms with van der Waals surface area (Å²) in [6, 6.07) is 4.82. The molecule has 1 atom stereocenters. The Hall–Kier alpha value is -1.20. The third-order valence-electron chi connectivity index (χ3n) is 2.40. The van der Waals surface area contributed by atoms with Gasteiger partial charge in [0.05, 0.1) is 0 Å². The second kappa shape index (κ2) is 4.76. The first-order valence-electron chi connectivity index (χ1n) is 4.86. The van der Waals surface area contributed by atoms with Crippen LogP contribution < -0.4 is 10.5 Å². The van der Waals surface area contributed by atoms with E-state index in [-0.39, 0.29) is 17.9 Å². The standard InChI is InChI=1S/C11H15F2NO2/c1-7-4-3-5-8(11(2,15)6-14)9(7)16-10(12)13/h3-5,10,15H,6,14H2,1-2H3. The van der Waals surface area contributed by atoms with E-state index in [1.54, 1.807) is 19.1 Å². The Kier molecular flexibility index (Phi) is 3.83. The van der Waals surface area contributed by atoms with E-state index in [0.29, 0.717) is 5.56 Å². The summed E-state index contributed by atoms with van der Waals surface area (Å²) in [6.45, 7) is 0.0951. The van der Waals surface area contributed by atoms with Gasteiger partial charge in [-0.15, -0.1) is 0 Å². The minimum absolute atomic E-state index is 0.00653. The van der Waals surface area contributed by atoms with E-state index in [4.69, 9.17) is 5.73 Å². The Morgan fingerprint density at radius 1 is 1.50 bits per heavy atom. The predicted octanol–water partition coefficient (Wildman–Crippen LogP) is 1.76. The molecule has 1 aromatic rings. The number of ether oxygens (including phenoxy) is 1. The highest BCUT2D eigenvalue weighted by molar-refractivity contribution is 5.44. The fourth-order valence-corrected chi connectivity index (χ4v) is 1.43. The quantitative estimate of drug-likeness (QED) is 0.830. The number of aliphatic hydroxyl groups is 1. The maximum absolute atomic E-state index is 12.2. The van der Waals surface area contributed by atoms with Gasteiger partial charge in [-0.1, -0.05) is 18.2 Å². The lowest BCUT2D eigenvalue weighted by molar-refractivity contribution is -0.0539. The van der Waals surface area contributed by atoms with E-state index in [2.05, 4.69) is 4.74 Å². The number of nitrogens with two attached hydrogens (primary N) is 1. The highest BCUT2D eigenvalue weighted by atomic mass is 19.3. The van der Waals surface area contributed by atoms with Crippen LogP contribution in [0.1, 0.15) is 18.1 Å². The summed E-state index contributed by atoms with van der Waals surface area (Å²) >= 11 is 0. The van der Waals surface area contributed by atoms with Crippen LogP contribution in [0, 0.1) is 6.92 Å². The molecular weight excluding hydrogens is 216 g/mol. The molecule has 0 fully saturated rings. The maximum atomic E-state index is 12.2. The first kappa shape index (κ1) is 12.9. The van der Waals surface area contributed by atoms with Gasteiger partial charge in [-0.2, -0.15) is 8.78 Å². The van der Waals surface area contributed by atoms with E-state index < -0.39 is 12.2 Å². The molecule has 0 radical (unpaired) electrons. The largest absolute Gasteiger partial charge is 0.434 e. The highest BCUT2D eigenvalue weighted by Gasteiger charge is 2.27. The fourth-order valence-electron chi connectivity index (χ4n) is 1.43. The molecule has 0 spiro atoms. The average Bonchev–Trinajstić information content (AvgIpc) is 2.20. The Labute approximate surface area is 92.8 Å². The zero-order chi connectivity index (χ0) is 12.3. The molecule has 1 unspecified atom stereocenters. The summed E-state index contributed by atoms with van der Waals surface area (Å²) in [5.41, 5.74) is 4.82. The van der Waals surface area contributed by atoms with Gasteiger partial charge in [0.15, 0.2) is 0 Å². The first-order valence-corrected chi connectivity index (χ1v) is 4.86. The molecule has 3 N–H and O–H groups in total. The van der Waals surface area contributed by atoms with Crippen LogP contribution in [0.15, 0.2) is 18.2 Å². The molecule has 0 aliphatic rings. The van der Waals surface area contributed by atoms with E-state index in [1.165, 1.54) is 13.0 Å². The van der Waals surface area contributed by atoms with Gasteiger partial charge >= 0.3 is 6.61 Å². The molecule has 0 aromatic heterocycles. The second-order valence-electron chi connectivity index (χ2n) is 3.81. The predicted molar refractivity (Wildman–Crippen MR) is 56.4 cm³/mol. The van der Waals surface area contributed by atoms with Crippen molar-refractivity contribution in [2.75, 3.05) is 6.54 Å². The molecule has 0 amide bonds. The van der Waals surface area contributed by atoms with Crippen LogP contribution in [-0.2, 0) is 5.60 Å². The minimum atomic E-state index is -2.92. The van der Waals surface area contributed by atoms with Crippen molar-refractivity contribution >= 4 is 0 Å². The van der Waals surface area contributed by atoms with Crippen LogP contribution in [0.2, 0.25) is 0 Å². The van der Waals surface area contributed by atoms with Crippen LogP contribution in [0.5, 0.6) is 5.75 Å². The van der Waals surface area contributed by atoms with E-state index in [1.807, 2.05) is 0 Å². The summed E-state index contributed by atoms with van der Waals surface area (Å²) in [5, 5.41) is 9.96. The number of para-hydroxylation sites is 1. The van der Waals surface area contributed by atoms with Gasteiger partial charge in [0.25, 0.3) is 0 Å². The smallest absolute Gasteiger partial charge is 0.387 e. The van der Waals surface area contributed by atoms with E-state index in [0.717, 1.165) is 0 Å². The molecule has 90 valence electrons. The molecule has 0 aliphatic heterocycles.